The summed E-state index contributed by atoms with van der Waals surface area (Å²) in [6, 6.07) is 3.51. The van der Waals surface area contributed by atoms with Gasteiger partial charge in [0.25, 0.3) is 5.91 Å². The lowest BCUT2D eigenvalue weighted by Crippen LogP contribution is -2.19. The summed E-state index contributed by atoms with van der Waals surface area (Å²) in [5.41, 5.74) is 1.23. The molecule has 0 fully saturated rings. The molecule has 0 bridgehead atoms. The van der Waals surface area contributed by atoms with Gasteiger partial charge in [-0.3, -0.25) is 10.1 Å². The lowest BCUT2D eigenvalue weighted by molar-refractivity contribution is 0.102. The fraction of sp³-hybridized carbons (Fsp3) is 0.429. The second-order valence-corrected chi connectivity index (χ2v) is 5.79. The number of anilines is 2. The Kier molecular flexibility index (Phi) is 3.93. The summed E-state index contributed by atoms with van der Waals surface area (Å²) in [6.45, 7) is 6.16. The SMILES string of the molecule is CNc1cc(C(=O)Nc2ncnn2C)cc(C(C)(C)C)n1. The number of rotatable bonds is 3. The average molecular weight is 288 g/mol. The maximum Gasteiger partial charge on any atom is 0.258 e. The van der Waals surface area contributed by atoms with Gasteiger partial charge in [0.1, 0.15) is 12.1 Å². The molecule has 0 aromatic carbocycles. The molecule has 7 nitrogen and oxygen atoms in total. The summed E-state index contributed by atoms with van der Waals surface area (Å²) in [6.07, 6.45) is 1.39. The summed E-state index contributed by atoms with van der Waals surface area (Å²) in [4.78, 5) is 20.8. The molecule has 2 aromatic rings. The van der Waals surface area contributed by atoms with Crippen LogP contribution in [0.25, 0.3) is 0 Å². The number of aryl methyl sites for hydroxylation is 1. The van der Waals surface area contributed by atoms with Crippen molar-refractivity contribution in [2.24, 2.45) is 7.05 Å². The molecule has 0 aliphatic rings. The van der Waals surface area contributed by atoms with Gasteiger partial charge < -0.3 is 5.32 Å². The van der Waals surface area contributed by atoms with E-state index in [4.69, 9.17) is 0 Å². The largest absolute Gasteiger partial charge is 0.373 e. The summed E-state index contributed by atoms with van der Waals surface area (Å²) in [7, 11) is 3.49. The van der Waals surface area contributed by atoms with E-state index in [2.05, 4.69) is 46.5 Å². The number of amides is 1. The van der Waals surface area contributed by atoms with E-state index < -0.39 is 0 Å². The van der Waals surface area contributed by atoms with Gasteiger partial charge >= 0.3 is 0 Å². The van der Waals surface area contributed by atoms with Crippen molar-refractivity contribution in [3.63, 3.8) is 0 Å². The first-order valence-corrected chi connectivity index (χ1v) is 6.67. The van der Waals surface area contributed by atoms with Crippen LogP contribution >= 0.6 is 0 Å². The van der Waals surface area contributed by atoms with E-state index in [1.54, 1.807) is 26.2 Å². The summed E-state index contributed by atoms with van der Waals surface area (Å²) in [5, 5.41) is 9.63. The number of nitrogens with one attached hydrogen (secondary N) is 2. The molecule has 2 rings (SSSR count). The highest BCUT2D eigenvalue weighted by molar-refractivity contribution is 6.03. The predicted molar refractivity (Wildman–Crippen MR) is 81.4 cm³/mol. The molecule has 112 valence electrons. The lowest BCUT2D eigenvalue weighted by Gasteiger charge is -2.19. The van der Waals surface area contributed by atoms with E-state index in [1.807, 2.05) is 0 Å². The van der Waals surface area contributed by atoms with Gasteiger partial charge in [0.05, 0.1) is 0 Å². The minimum atomic E-state index is -0.240. The lowest BCUT2D eigenvalue weighted by atomic mass is 9.90. The van der Waals surface area contributed by atoms with Crippen LogP contribution in [0.3, 0.4) is 0 Å². The monoisotopic (exact) mass is 288 g/mol. The molecule has 21 heavy (non-hydrogen) atoms. The Labute approximate surface area is 123 Å². The number of hydrogen-bond acceptors (Lipinski definition) is 5. The van der Waals surface area contributed by atoms with Crippen molar-refractivity contribution in [2.75, 3.05) is 17.7 Å². The summed E-state index contributed by atoms with van der Waals surface area (Å²) < 4.78 is 1.50. The zero-order chi connectivity index (χ0) is 15.6. The number of carbonyl (C=O) groups excluding carboxylic acids is 1. The van der Waals surface area contributed by atoms with Crippen molar-refractivity contribution in [3.05, 3.63) is 29.7 Å². The fourth-order valence-corrected chi connectivity index (χ4v) is 1.76. The normalized spacial score (nSPS) is 11.3. The molecule has 2 aromatic heterocycles. The van der Waals surface area contributed by atoms with Crippen molar-refractivity contribution in [3.8, 4) is 0 Å². The molecule has 0 aliphatic carbocycles. The van der Waals surface area contributed by atoms with Gasteiger partial charge in [0.2, 0.25) is 5.95 Å². The van der Waals surface area contributed by atoms with Crippen LogP contribution in [0.2, 0.25) is 0 Å². The Morgan fingerprint density at radius 2 is 2.00 bits per heavy atom. The number of pyridine rings is 1. The average Bonchev–Trinajstić information content (AvgIpc) is 2.82. The zero-order valence-corrected chi connectivity index (χ0v) is 12.9. The Morgan fingerprint density at radius 3 is 2.52 bits per heavy atom. The van der Waals surface area contributed by atoms with Crippen molar-refractivity contribution in [2.45, 2.75) is 26.2 Å². The topological polar surface area (TPSA) is 84.7 Å². The van der Waals surface area contributed by atoms with Gasteiger partial charge in [-0.15, -0.1) is 0 Å². The molecular weight excluding hydrogens is 268 g/mol. The molecule has 1 amide bonds. The van der Waals surface area contributed by atoms with Crippen LogP contribution in [-0.2, 0) is 12.5 Å². The van der Waals surface area contributed by atoms with E-state index in [0.29, 0.717) is 17.3 Å². The highest BCUT2D eigenvalue weighted by Crippen LogP contribution is 2.23. The Hall–Kier alpha value is -2.44. The van der Waals surface area contributed by atoms with E-state index in [0.717, 1.165) is 5.69 Å². The quantitative estimate of drug-likeness (QED) is 0.899. The number of aromatic nitrogens is 4. The zero-order valence-electron chi connectivity index (χ0n) is 12.9. The van der Waals surface area contributed by atoms with Crippen LogP contribution in [-0.4, -0.2) is 32.7 Å². The maximum atomic E-state index is 12.4. The van der Waals surface area contributed by atoms with E-state index in [1.165, 1.54) is 11.0 Å². The third-order valence-electron chi connectivity index (χ3n) is 3.05. The van der Waals surface area contributed by atoms with Crippen molar-refractivity contribution in [1.82, 2.24) is 19.7 Å². The molecule has 0 unspecified atom stereocenters. The van der Waals surface area contributed by atoms with Crippen LogP contribution in [0.15, 0.2) is 18.5 Å². The fourth-order valence-electron chi connectivity index (χ4n) is 1.76. The number of nitrogens with zero attached hydrogens (tertiary/aromatic N) is 4. The number of hydrogen-bond donors (Lipinski definition) is 2. The first-order valence-electron chi connectivity index (χ1n) is 6.67. The van der Waals surface area contributed by atoms with Crippen LogP contribution < -0.4 is 10.6 Å². The van der Waals surface area contributed by atoms with Crippen molar-refractivity contribution in [1.29, 1.82) is 0 Å². The van der Waals surface area contributed by atoms with Gasteiger partial charge in [0.15, 0.2) is 0 Å². The highest BCUT2D eigenvalue weighted by atomic mass is 16.1. The Bertz CT molecular complexity index is 656. The predicted octanol–water partition coefficient (Wildman–Crippen LogP) is 1.80. The first kappa shape index (κ1) is 15.0. The van der Waals surface area contributed by atoms with E-state index in [-0.39, 0.29) is 11.3 Å². The maximum absolute atomic E-state index is 12.4. The molecule has 2 heterocycles. The van der Waals surface area contributed by atoms with Gasteiger partial charge in [-0.1, -0.05) is 20.8 Å². The van der Waals surface area contributed by atoms with Crippen molar-refractivity contribution < 1.29 is 4.79 Å². The minimum Gasteiger partial charge on any atom is -0.373 e. The molecule has 7 heteroatoms. The highest BCUT2D eigenvalue weighted by Gasteiger charge is 2.19. The second kappa shape index (κ2) is 5.51. The van der Waals surface area contributed by atoms with Gasteiger partial charge in [0, 0.05) is 30.8 Å². The molecule has 0 aliphatic heterocycles. The van der Waals surface area contributed by atoms with E-state index in [9.17, 15) is 4.79 Å². The molecule has 0 radical (unpaired) electrons. The van der Waals surface area contributed by atoms with E-state index >= 15 is 0 Å². The van der Waals surface area contributed by atoms with Crippen LogP contribution in [0.4, 0.5) is 11.8 Å². The molecule has 0 atom stereocenters. The van der Waals surface area contributed by atoms with Crippen LogP contribution in [0.5, 0.6) is 0 Å². The Morgan fingerprint density at radius 1 is 1.29 bits per heavy atom. The molecule has 0 saturated carbocycles. The van der Waals surface area contributed by atoms with Crippen molar-refractivity contribution >= 4 is 17.7 Å². The van der Waals surface area contributed by atoms with Crippen LogP contribution in [0, 0.1) is 0 Å². The molecule has 0 saturated heterocycles. The van der Waals surface area contributed by atoms with Gasteiger partial charge in [-0.2, -0.15) is 10.1 Å². The second-order valence-electron chi connectivity index (χ2n) is 5.79. The van der Waals surface area contributed by atoms with Gasteiger partial charge in [-0.05, 0) is 12.1 Å². The van der Waals surface area contributed by atoms with Gasteiger partial charge in [-0.25, -0.2) is 9.67 Å². The molecule has 2 N–H and O–H groups in total. The molecule has 0 spiro atoms. The Balaban J connectivity index is 2.34. The number of carbonyl (C=O) groups is 1. The molecular formula is C14H20N6O. The first-order chi connectivity index (χ1) is 9.81. The summed E-state index contributed by atoms with van der Waals surface area (Å²) in [5.74, 6) is 0.821. The standard InChI is InChI=1S/C14H20N6O/c1-14(2,3)10-6-9(7-11(15-4)18-10)12(21)19-13-16-8-17-20(13)5/h6-8H,1-5H3,(H,15,18)(H,16,17,19,21). The third kappa shape index (κ3) is 3.36. The minimum absolute atomic E-state index is 0.146. The third-order valence-corrected chi connectivity index (χ3v) is 3.05. The smallest absolute Gasteiger partial charge is 0.258 e. The summed E-state index contributed by atoms with van der Waals surface area (Å²) >= 11 is 0. The van der Waals surface area contributed by atoms with Crippen LogP contribution in [0.1, 0.15) is 36.8 Å².